The number of amides is 1. The van der Waals surface area contributed by atoms with Crippen LogP contribution in [0.2, 0.25) is 0 Å². The molecule has 20 heavy (non-hydrogen) atoms. The highest BCUT2D eigenvalue weighted by Crippen LogP contribution is 2.29. The lowest BCUT2D eigenvalue weighted by molar-refractivity contribution is 0.0905. The summed E-state index contributed by atoms with van der Waals surface area (Å²) in [4.78, 5) is 11.7. The van der Waals surface area contributed by atoms with Gasteiger partial charge in [0, 0.05) is 6.04 Å². The zero-order valence-corrected chi connectivity index (χ0v) is 11.9. The Morgan fingerprint density at radius 3 is 2.60 bits per heavy atom. The summed E-state index contributed by atoms with van der Waals surface area (Å²) in [6.07, 6.45) is 3.22. The molecule has 0 aliphatic heterocycles. The van der Waals surface area contributed by atoms with Gasteiger partial charge >= 0.3 is 0 Å². The number of nitrogens with one attached hydrogen (secondary N) is 1. The van der Waals surface area contributed by atoms with Crippen LogP contribution in [0.5, 0.6) is 0 Å². The summed E-state index contributed by atoms with van der Waals surface area (Å²) < 4.78 is 36.1. The van der Waals surface area contributed by atoms with Crippen molar-refractivity contribution in [2.24, 2.45) is 11.1 Å². The average Bonchev–Trinajstić information content (AvgIpc) is 2.24. The summed E-state index contributed by atoms with van der Waals surface area (Å²) in [5.41, 5.74) is -0.303. The molecule has 0 heterocycles. The van der Waals surface area contributed by atoms with Gasteiger partial charge < -0.3 is 5.32 Å². The minimum Gasteiger partial charge on any atom is -0.349 e. The molecule has 0 radical (unpaired) electrons. The molecule has 1 saturated carbocycles. The van der Waals surface area contributed by atoms with E-state index in [1.54, 1.807) is 0 Å². The maximum atomic E-state index is 13.7. The largest absolute Gasteiger partial charge is 0.349 e. The summed E-state index contributed by atoms with van der Waals surface area (Å²) >= 11 is 0. The maximum absolute atomic E-state index is 13.7. The topological polar surface area (TPSA) is 89.3 Å². The van der Waals surface area contributed by atoms with Crippen LogP contribution in [0.25, 0.3) is 0 Å². The van der Waals surface area contributed by atoms with E-state index in [-0.39, 0.29) is 16.5 Å². The van der Waals surface area contributed by atoms with Gasteiger partial charge in [0.25, 0.3) is 5.91 Å². The van der Waals surface area contributed by atoms with E-state index in [0.717, 1.165) is 37.5 Å². The van der Waals surface area contributed by atoms with Gasteiger partial charge in [-0.15, -0.1) is 0 Å². The quantitative estimate of drug-likeness (QED) is 0.880. The molecule has 1 aromatic carbocycles. The number of carbonyl (C=O) groups is 1. The van der Waals surface area contributed by atoms with Crippen LogP contribution in [0.1, 0.15) is 36.5 Å². The minimum absolute atomic E-state index is 0.0613. The van der Waals surface area contributed by atoms with E-state index in [2.05, 4.69) is 5.32 Å². The van der Waals surface area contributed by atoms with E-state index in [0.29, 0.717) is 5.92 Å². The highest BCUT2D eigenvalue weighted by atomic mass is 32.2. The van der Waals surface area contributed by atoms with Gasteiger partial charge in [-0.05, 0) is 43.9 Å². The van der Waals surface area contributed by atoms with Gasteiger partial charge in [0.05, 0.1) is 10.5 Å². The fourth-order valence-electron chi connectivity index (χ4n) is 2.20. The number of nitrogens with two attached hydrogens (primary N) is 1. The van der Waals surface area contributed by atoms with Crippen LogP contribution in [-0.2, 0) is 10.0 Å². The van der Waals surface area contributed by atoms with E-state index in [1.807, 2.05) is 6.92 Å². The minimum atomic E-state index is -3.96. The van der Waals surface area contributed by atoms with Gasteiger partial charge in [-0.2, -0.15) is 0 Å². The first kappa shape index (κ1) is 14.9. The molecule has 0 bridgehead atoms. The second kappa shape index (κ2) is 5.49. The molecule has 1 aliphatic rings. The number of halogens is 1. The smallest absolute Gasteiger partial charge is 0.254 e. The predicted octanol–water partition coefficient (Wildman–Crippen LogP) is 1.39. The Morgan fingerprint density at radius 2 is 2.10 bits per heavy atom. The third-order valence-corrected chi connectivity index (χ3v) is 4.64. The Kier molecular flexibility index (Phi) is 4.10. The second-order valence-electron chi connectivity index (χ2n) is 5.14. The first-order valence-electron chi connectivity index (χ1n) is 6.42. The van der Waals surface area contributed by atoms with Gasteiger partial charge in [0.1, 0.15) is 5.82 Å². The Hall–Kier alpha value is -1.47. The Labute approximate surface area is 117 Å². The number of primary sulfonamides is 1. The highest BCUT2D eigenvalue weighted by molar-refractivity contribution is 7.89. The van der Waals surface area contributed by atoms with Gasteiger partial charge in [0.15, 0.2) is 0 Å². The van der Waals surface area contributed by atoms with E-state index in [1.165, 1.54) is 0 Å². The normalized spacial score (nSPS) is 17.4. The predicted molar refractivity (Wildman–Crippen MR) is 72.0 cm³/mol. The molecule has 1 amide bonds. The summed E-state index contributed by atoms with van der Waals surface area (Å²) in [7, 11) is -3.96. The molecule has 1 fully saturated rings. The van der Waals surface area contributed by atoms with E-state index >= 15 is 0 Å². The molecule has 1 unspecified atom stereocenters. The molecule has 1 atom stereocenters. The fourth-order valence-corrected chi connectivity index (χ4v) is 2.74. The number of rotatable bonds is 4. The fraction of sp³-hybridized carbons (Fsp3) is 0.462. The van der Waals surface area contributed by atoms with Gasteiger partial charge in [-0.25, -0.2) is 17.9 Å². The zero-order chi connectivity index (χ0) is 14.9. The molecular formula is C13H17FN2O3S. The second-order valence-corrected chi connectivity index (χ2v) is 6.70. The molecule has 0 aromatic heterocycles. The summed E-state index contributed by atoms with van der Waals surface area (Å²) in [6.45, 7) is 1.86. The van der Waals surface area contributed by atoms with Crippen molar-refractivity contribution in [2.75, 3.05) is 0 Å². The van der Waals surface area contributed by atoms with Crippen molar-refractivity contribution in [3.05, 3.63) is 29.6 Å². The van der Waals surface area contributed by atoms with Crippen molar-refractivity contribution in [1.29, 1.82) is 0 Å². The molecule has 5 nitrogen and oxygen atoms in total. The molecular weight excluding hydrogens is 283 g/mol. The molecule has 3 N–H and O–H groups in total. The van der Waals surface area contributed by atoms with Crippen LogP contribution in [0, 0.1) is 11.7 Å². The highest BCUT2D eigenvalue weighted by Gasteiger charge is 2.26. The average molecular weight is 300 g/mol. The van der Waals surface area contributed by atoms with Crippen LogP contribution in [0.3, 0.4) is 0 Å². The van der Waals surface area contributed by atoms with E-state index in [4.69, 9.17) is 5.14 Å². The van der Waals surface area contributed by atoms with Crippen molar-refractivity contribution in [3.63, 3.8) is 0 Å². The first-order valence-corrected chi connectivity index (χ1v) is 7.97. The van der Waals surface area contributed by atoms with Crippen molar-refractivity contribution in [3.8, 4) is 0 Å². The summed E-state index contributed by atoms with van der Waals surface area (Å²) in [5, 5.41) is 7.68. The summed E-state index contributed by atoms with van der Waals surface area (Å²) in [5.74, 6) is -0.980. The Morgan fingerprint density at radius 1 is 1.45 bits per heavy atom. The molecule has 1 aliphatic carbocycles. The van der Waals surface area contributed by atoms with Crippen LogP contribution in [-0.4, -0.2) is 20.4 Å². The Bertz CT molecular complexity index is 627. The monoisotopic (exact) mass is 300 g/mol. The number of hydrogen-bond donors (Lipinski definition) is 2. The van der Waals surface area contributed by atoms with Crippen LogP contribution >= 0.6 is 0 Å². The molecule has 0 saturated heterocycles. The van der Waals surface area contributed by atoms with Gasteiger partial charge in [0.2, 0.25) is 10.0 Å². The molecule has 2 rings (SSSR count). The van der Waals surface area contributed by atoms with Crippen molar-refractivity contribution >= 4 is 15.9 Å². The molecule has 0 spiro atoms. The number of hydrogen-bond acceptors (Lipinski definition) is 3. The van der Waals surface area contributed by atoms with E-state index < -0.39 is 21.7 Å². The third kappa shape index (κ3) is 3.16. The number of carbonyl (C=O) groups excluding carboxylic acids is 1. The lowest BCUT2D eigenvalue weighted by Gasteiger charge is -2.31. The van der Waals surface area contributed by atoms with Crippen LogP contribution in [0.15, 0.2) is 23.1 Å². The third-order valence-electron chi connectivity index (χ3n) is 3.73. The van der Waals surface area contributed by atoms with Gasteiger partial charge in [-0.1, -0.05) is 6.42 Å². The molecule has 110 valence electrons. The number of sulfonamides is 1. The summed E-state index contributed by atoms with van der Waals surface area (Å²) in [6, 6.07) is 2.88. The first-order chi connectivity index (χ1) is 9.29. The van der Waals surface area contributed by atoms with Crippen molar-refractivity contribution in [2.45, 2.75) is 37.1 Å². The van der Waals surface area contributed by atoms with Crippen LogP contribution in [0.4, 0.5) is 4.39 Å². The molecule has 7 heteroatoms. The number of benzene rings is 1. The maximum Gasteiger partial charge on any atom is 0.254 e. The Balaban J connectivity index is 2.20. The SMILES string of the molecule is CC(NC(=O)c1cc(S(N)(=O)=O)ccc1F)C1CCC1. The molecule has 1 aromatic rings. The van der Waals surface area contributed by atoms with Crippen molar-refractivity contribution in [1.82, 2.24) is 5.32 Å². The lowest BCUT2D eigenvalue weighted by Crippen LogP contribution is -2.41. The van der Waals surface area contributed by atoms with Crippen molar-refractivity contribution < 1.29 is 17.6 Å². The zero-order valence-electron chi connectivity index (χ0n) is 11.1. The van der Waals surface area contributed by atoms with Gasteiger partial charge in [-0.3, -0.25) is 4.79 Å². The lowest BCUT2D eigenvalue weighted by atomic mass is 9.80. The van der Waals surface area contributed by atoms with Crippen LogP contribution < -0.4 is 10.5 Å². The standard InChI is InChI=1S/C13H17FN2O3S/c1-8(9-3-2-4-9)16-13(17)11-7-10(20(15,18)19)5-6-12(11)14/h5-9H,2-4H2,1H3,(H,16,17)(H2,15,18,19). The van der Waals surface area contributed by atoms with E-state index in [9.17, 15) is 17.6 Å².